The van der Waals surface area contributed by atoms with Crippen molar-refractivity contribution < 1.29 is 19.2 Å². The molecular formula is C15H15NO4. The van der Waals surface area contributed by atoms with E-state index in [4.69, 9.17) is 0 Å². The first-order valence-corrected chi connectivity index (χ1v) is 6.30. The number of Topliss-reactive ketones (excluding diaryl/α,β-unsaturated/α-hetero) is 2. The Labute approximate surface area is 116 Å². The van der Waals surface area contributed by atoms with Gasteiger partial charge in [0.15, 0.2) is 11.6 Å². The number of amides is 2. The molecular weight excluding hydrogens is 258 g/mol. The van der Waals surface area contributed by atoms with E-state index in [2.05, 4.69) is 18.5 Å². The lowest BCUT2D eigenvalue weighted by Gasteiger charge is -2.32. The standard InChI is InChI=1S/C15H15NO4/c1-4-8-9(5-2)13(19)15(3,12(8)18)10-6-7-11(17)16-14(10)20/h4-5,10H,1-2,6-7H2,3H3,(H,16,17,20). The number of piperidine rings is 1. The van der Waals surface area contributed by atoms with Crippen LogP contribution in [0.1, 0.15) is 19.8 Å². The summed E-state index contributed by atoms with van der Waals surface area (Å²) in [6.07, 6.45) is 2.94. The molecule has 2 amide bonds. The third-order valence-electron chi connectivity index (χ3n) is 4.07. The van der Waals surface area contributed by atoms with Crippen LogP contribution in [0.25, 0.3) is 0 Å². The molecule has 0 saturated carbocycles. The zero-order valence-electron chi connectivity index (χ0n) is 11.2. The highest BCUT2D eigenvalue weighted by Gasteiger charge is 2.57. The maximum absolute atomic E-state index is 12.5. The monoisotopic (exact) mass is 273 g/mol. The normalized spacial score (nSPS) is 25.8. The third kappa shape index (κ3) is 1.70. The molecule has 1 heterocycles. The lowest BCUT2D eigenvalue weighted by atomic mass is 9.69. The Bertz CT molecular complexity index is 567. The highest BCUT2D eigenvalue weighted by Crippen LogP contribution is 2.44. The quantitative estimate of drug-likeness (QED) is 0.611. The predicted octanol–water partition coefficient (Wildman–Crippen LogP) is 0.866. The van der Waals surface area contributed by atoms with Crippen LogP contribution >= 0.6 is 0 Å². The summed E-state index contributed by atoms with van der Waals surface area (Å²) in [5, 5.41) is 2.19. The lowest BCUT2D eigenvalue weighted by molar-refractivity contribution is -0.149. The number of allylic oxidation sites excluding steroid dienone is 4. The van der Waals surface area contributed by atoms with Gasteiger partial charge in [-0.2, -0.15) is 0 Å². The minimum atomic E-state index is -1.47. The second-order valence-corrected chi connectivity index (χ2v) is 5.10. The highest BCUT2D eigenvalue weighted by atomic mass is 16.2. The largest absolute Gasteiger partial charge is 0.296 e. The maximum atomic E-state index is 12.5. The molecule has 1 N–H and O–H groups in total. The number of carbonyl (C=O) groups excluding carboxylic acids is 4. The van der Waals surface area contributed by atoms with Crippen LogP contribution in [0.4, 0.5) is 0 Å². The molecule has 1 aliphatic carbocycles. The van der Waals surface area contributed by atoms with E-state index < -0.39 is 28.8 Å². The summed E-state index contributed by atoms with van der Waals surface area (Å²) in [5.41, 5.74) is -1.09. The van der Waals surface area contributed by atoms with Crippen LogP contribution in [0.3, 0.4) is 0 Å². The minimum absolute atomic E-state index is 0.124. The summed E-state index contributed by atoms with van der Waals surface area (Å²) >= 11 is 0. The maximum Gasteiger partial charge on any atom is 0.231 e. The topological polar surface area (TPSA) is 80.3 Å². The van der Waals surface area contributed by atoms with Gasteiger partial charge in [0.1, 0.15) is 5.41 Å². The number of nitrogens with one attached hydrogen (secondary N) is 1. The smallest absolute Gasteiger partial charge is 0.231 e. The molecule has 0 aromatic heterocycles. The number of rotatable bonds is 3. The highest BCUT2D eigenvalue weighted by molar-refractivity contribution is 6.31. The predicted molar refractivity (Wildman–Crippen MR) is 71.4 cm³/mol. The van der Waals surface area contributed by atoms with Gasteiger partial charge in [0.25, 0.3) is 0 Å². The summed E-state index contributed by atoms with van der Waals surface area (Å²) in [4.78, 5) is 48.2. The molecule has 2 rings (SSSR count). The Morgan fingerprint density at radius 3 is 2.00 bits per heavy atom. The second kappa shape index (κ2) is 4.67. The van der Waals surface area contributed by atoms with E-state index in [0.717, 1.165) is 0 Å². The Balaban J connectivity index is 2.47. The first-order chi connectivity index (χ1) is 9.37. The second-order valence-electron chi connectivity index (χ2n) is 5.10. The molecule has 0 aromatic rings. The van der Waals surface area contributed by atoms with E-state index >= 15 is 0 Å². The van der Waals surface area contributed by atoms with Crippen molar-refractivity contribution in [2.45, 2.75) is 19.8 Å². The number of ketones is 2. The van der Waals surface area contributed by atoms with Crippen LogP contribution in [0.15, 0.2) is 36.5 Å². The molecule has 1 saturated heterocycles. The average Bonchev–Trinajstić information content (AvgIpc) is 2.59. The van der Waals surface area contributed by atoms with E-state index in [-0.39, 0.29) is 29.9 Å². The van der Waals surface area contributed by atoms with Crippen molar-refractivity contribution in [2.24, 2.45) is 11.3 Å². The van der Waals surface area contributed by atoms with Crippen molar-refractivity contribution >= 4 is 23.4 Å². The first kappa shape index (κ1) is 14.1. The van der Waals surface area contributed by atoms with Crippen molar-refractivity contribution in [1.82, 2.24) is 5.32 Å². The van der Waals surface area contributed by atoms with E-state index in [1.165, 1.54) is 19.1 Å². The summed E-state index contributed by atoms with van der Waals surface area (Å²) in [5.74, 6) is -2.65. The lowest BCUT2D eigenvalue weighted by Crippen LogP contribution is -2.51. The Hall–Kier alpha value is -2.30. The van der Waals surface area contributed by atoms with Gasteiger partial charge < -0.3 is 0 Å². The zero-order chi connectivity index (χ0) is 15.1. The van der Waals surface area contributed by atoms with E-state index in [9.17, 15) is 19.2 Å². The molecule has 1 unspecified atom stereocenters. The molecule has 104 valence electrons. The third-order valence-corrected chi connectivity index (χ3v) is 4.07. The number of carbonyl (C=O) groups is 4. The average molecular weight is 273 g/mol. The molecule has 0 spiro atoms. The van der Waals surface area contributed by atoms with Gasteiger partial charge in [0.05, 0.1) is 5.92 Å². The van der Waals surface area contributed by atoms with Crippen LogP contribution in [-0.4, -0.2) is 23.4 Å². The fraction of sp³-hybridized carbons (Fsp3) is 0.333. The van der Waals surface area contributed by atoms with Gasteiger partial charge in [-0.05, 0) is 13.3 Å². The van der Waals surface area contributed by atoms with Gasteiger partial charge in [-0.3, -0.25) is 24.5 Å². The van der Waals surface area contributed by atoms with Crippen LogP contribution in [-0.2, 0) is 19.2 Å². The summed E-state index contributed by atoms with van der Waals surface area (Å²) < 4.78 is 0. The molecule has 0 aromatic carbocycles. The number of hydrogen-bond acceptors (Lipinski definition) is 4. The van der Waals surface area contributed by atoms with Gasteiger partial charge in [0, 0.05) is 17.6 Å². The van der Waals surface area contributed by atoms with E-state index in [1.54, 1.807) is 0 Å². The van der Waals surface area contributed by atoms with Gasteiger partial charge >= 0.3 is 0 Å². The van der Waals surface area contributed by atoms with Crippen LogP contribution in [0, 0.1) is 11.3 Å². The van der Waals surface area contributed by atoms with Crippen LogP contribution in [0.5, 0.6) is 0 Å². The van der Waals surface area contributed by atoms with Crippen molar-refractivity contribution in [3.8, 4) is 0 Å². The Morgan fingerprint density at radius 1 is 1.10 bits per heavy atom. The molecule has 5 nitrogen and oxygen atoms in total. The number of imide groups is 1. The fourth-order valence-electron chi connectivity index (χ4n) is 2.87. The van der Waals surface area contributed by atoms with Crippen molar-refractivity contribution in [1.29, 1.82) is 0 Å². The minimum Gasteiger partial charge on any atom is -0.296 e. The van der Waals surface area contributed by atoms with Gasteiger partial charge in [-0.25, -0.2) is 0 Å². The Kier molecular flexibility index (Phi) is 3.29. The zero-order valence-corrected chi connectivity index (χ0v) is 11.2. The summed E-state index contributed by atoms with van der Waals surface area (Å²) in [6, 6.07) is 0. The van der Waals surface area contributed by atoms with Crippen molar-refractivity contribution in [2.75, 3.05) is 0 Å². The molecule has 2 aliphatic rings. The van der Waals surface area contributed by atoms with Crippen molar-refractivity contribution in [3.05, 3.63) is 36.5 Å². The SMILES string of the molecule is C=CC1=C(C=C)C(=O)C(C)(C2CCC(=O)NC2=O)C1=O. The molecule has 1 atom stereocenters. The molecule has 20 heavy (non-hydrogen) atoms. The molecule has 0 bridgehead atoms. The molecule has 0 radical (unpaired) electrons. The van der Waals surface area contributed by atoms with Crippen LogP contribution < -0.4 is 5.32 Å². The molecule has 1 fully saturated rings. The van der Waals surface area contributed by atoms with Crippen LogP contribution in [0.2, 0.25) is 0 Å². The molecule has 1 aliphatic heterocycles. The van der Waals surface area contributed by atoms with Crippen molar-refractivity contribution in [3.63, 3.8) is 0 Å². The van der Waals surface area contributed by atoms with Gasteiger partial charge in [0.2, 0.25) is 11.8 Å². The van der Waals surface area contributed by atoms with Gasteiger partial charge in [-0.15, -0.1) is 0 Å². The Morgan fingerprint density at radius 2 is 1.60 bits per heavy atom. The van der Waals surface area contributed by atoms with E-state index in [0.29, 0.717) is 0 Å². The van der Waals surface area contributed by atoms with E-state index in [1.807, 2.05) is 0 Å². The summed E-state index contributed by atoms with van der Waals surface area (Å²) in [6.45, 7) is 8.52. The molecule has 5 heteroatoms. The summed E-state index contributed by atoms with van der Waals surface area (Å²) in [7, 11) is 0. The fourth-order valence-corrected chi connectivity index (χ4v) is 2.87. The number of hydrogen-bond donors (Lipinski definition) is 1. The first-order valence-electron chi connectivity index (χ1n) is 6.30. The van der Waals surface area contributed by atoms with Gasteiger partial charge in [-0.1, -0.05) is 25.3 Å².